The molecule has 2 aromatic rings. The number of aromatic nitrogens is 2. The van der Waals surface area contributed by atoms with Gasteiger partial charge >= 0.3 is 0 Å². The Morgan fingerprint density at radius 3 is 2.50 bits per heavy atom. The zero-order chi connectivity index (χ0) is 13.1. The normalized spacial score (nSPS) is 12.2. The van der Waals surface area contributed by atoms with Gasteiger partial charge in [-0.3, -0.25) is 0 Å². The second-order valence-corrected chi connectivity index (χ2v) is 4.94. The van der Waals surface area contributed by atoms with E-state index in [1.54, 1.807) is 6.07 Å². The van der Waals surface area contributed by atoms with E-state index in [0.717, 1.165) is 17.1 Å². The third-order valence-electron chi connectivity index (χ3n) is 2.59. The summed E-state index contributed by atoms with van der Waals surface area (Å²) in [5.41, 5.74) is 1.86. The summed E-state index contributed by atoms with van der Waals surface area (Å²) in [6.45, 7) is 3.91. The summed E-state index contributed by atoms with van der Waals surface area (Å²) >= 11 is 12.0. The molecule has 0 aliphatic heterocycles. The predicted octanol–water partition coefficient (Wildman–Crippen LogP) is 4.26. The number of halogens is 2. The van der Waals surface area contributed by atoms with Crippen molar-refractivity contribution in [3.63, 3.8) is 0 Å². The molecule has 0 spiro atoms. The first-order valence-corrected chi connectivity index (χ1v) is 6.33. The predicted molar refractivity (Wildman–Crippen MR) is 75.3 cm³/mol. The first-order chi connectivity index (χ1) is 8.56. The molecule has 1 N–H and O–H groups in total. The van der Waals surface area contributed by atoms with Crippen molar-refractivity contribution in [1.29, 1.82) is 0 Å². The molecule has 3 nitrogen and oxygen atoms in total. The maximum atomic E-state index is 6.16. The quantitative estimate of drug-likeness (QED) is 0.913. The number of nitrogens with one attached hydrogen (secondary N) is 1. The van der Waals surface area contributed by atoms with Gasteiger partial charge in [-0.25, -0.2) is 0 Å². The highest BCUT2D eigenvalue weighted by atomic mass is 35.5. The molecule has 2 rings (SSSR count). The summed E-state index contributed by atoms with van der Waals surface area (Å²) in [7, 11) is 0. The molecule has 1 unspecified atom stereocenters. The zero-order valence-corrected chi connectivity index (χ0v) is 11.6. The monoisotopic (exact) mass is 281 g/mol. The van der Waals surface area contributed by atoms with Crippen LogP contribution in [0.3, 0.4) is 0 Å². The van der Waals surface area contributed by atoms with Crippen LogP contribution in [0.2, 0.25) is 10.0 Å². The molecule has 1 aromatic heterocycles. The molecule has 18 heavy (non-hydrogen) atoms. The molecular weight excluding hydrogens is 269 g/mol. The van der Waals surface area contributed by atoms with Gasteiger partial charge in [0.1, 0.15) is 5.82 Å². The third kappa shape index (κ3) is 3.12. The van der Waals surface area contributed by atoms with E-state index in [0.29, 0.717) is 10.0 Å². The van der Waals surface area contributed by atoms with E-state index in [1.165, 1.54) is 0 Å². The Hall–Kier alpha value is -1.32. The van der Waals surface area contributed by atoms with Gasteiger partial charge in [0.25, 0.3) is 0 Å². The lowest BCUT2D eigenvalue weighted by atomic mass is 10.1. The van der Waals surface area contributed by atoms with Gasteiger partial charge in [-0.05, 0) is 43.7 Å². The number of rotatable bonds is 3. The molecule has 0 radical (unpaired) electrons. The molecular formula is C13H13Cl2N3. The van der Waals surface area contributed by atoms with Gasteiger partial charge in [0.15, 0.2) is 0 Å². The summed E-state index contributed by atoms with van der Waals surface area (Å²) in [5.74, 6) is 0.721. The molecule has 1 atom stereocenters. The summed E-state index contributed by atoms with van der Waals surface area (Å²) < 4.78 is 0. The van der Waals surface area contributed by atoms with Crippen molar-refractivity contribution in [2.45, 2.75) is 19.9 Å². The summed E-state index contributed by atoms with van der Waals surface area (Å²) in [6, 6.07) is 9.30. The van der Waals surface area contributed by atoms with Crippen LogP contribution in [0.5, 0.6) is 0 Å². The van der Waals surface area contributed by atoms with Crippen molar-refractivity contribution in [1.82, 2.24) is 10.2 Å². The first-order valence-electron chi connectivity index (χ1n) is 5.58. The lowest BCUT2D eigenvalue weighted by molar-refractivity contribution is 0.856. The fourth-order valence-electron chi connectivity index (χ4n) is 1.63. The summed E-state index contributed by atoms with van der Waals surface area (Å²) in [4.78, 5) is 0. The highest BCUT2D eigenvalue weighted by Crippen LogP contribution is 2.27. The minimum Gasteiger partial charge on any atom is -0.362 e. The van der Waals surface area contributed by atoms with Crippen molar-refractivity contribution in [2.24, 2.45) is 0 Å². The Bertz CT molecular complexity index is 540. The topological polar surface area (TPSA) is 37.8 Å². The SMILES string of the molecule is Cc1ccc(NC(C)c2ccc(Cl)cc2Cl)nn1. The van der Waals surface area contributed by atoms with Crippen LogP contribution in [0, 0.1) is 6.92 Å². The van der Waals surface area contributed by atoms with Crippen molar-refractivity contribution in [3.05, 3.63) is 51.6 Å². The van der Waals surface area contributed by atoms with Gasteiger partial charge in [-0.2, -0.15) is 5.10 Å². The second kappa shape index (κ2) is 5.55. The molecule has 1 aromatic carbocycles. The first kappa shape index (κ1) is 13.1. The molecule has 94 valence electrons. The van der Waals surface area contributed by atoms with Crippen LogP contribution in [0.15, 0.2) is 30.3 Å². The third-order valence-corrected chi connectivity index (χ3v) is 3.15. The number of hydrogen-bond acceptors (Lipinski definition) is 3. The fraction of sp³-hybridized carbons (Fsp3) is 0.231. The minimum atomic E-state index is 0.0340. The van der Waals surface area contributed by atoms with Crippen LogP contribution >= 0.6 is 23.2 Å². The van der Waals surface area contributed by atoms with Gasteiger partial charge in [0.2, 0.25) is 0 Å². The van der Waals surface area contributed by atoms with Gasteiger partial charge < -0.3 is 5.32 Å². The highest BCUT2D eigenvalue weighted by molar-refractivity contribution is 6.35. The zero-order valence-electron chi connectivity index (χ0n) is 10.1. The van der Waals surface area contributed by atoms with E-state index in [2.05, 4.69) is 15.5 Å². The maximum Gasteiger partial charge on any atom is 0.149 e. The fourth-order valence-corrected chi connectivity index (χ4v) is 2.20. The van der Waals surface area contributed by atoms with Crippen LogP contribution in [0.25, 0.3) is 0 Å². The lowest BCUT2D eigenvalue weighted by Gasteiger charge is -2.16. The maximum absolute atomic E-state index is 6.16. The van der Waals surface area contributed by atoms with Crippen molar-refractivity contribution in [2.75, 3.05) is 5.32 Å². The average molecular weight is 282 g/mol. The molecule has 0 aliphatic carbocycles. The van der Waals surface area contributed by atoms with Crippen molar-refractivity contribution in [3.8, 4) is 0 Å². The smallest absolute Gasteiger partial charge is 0.149 e. The Kier molecular flexibility index (Phi) is 4.04. The standard InChI is InChI=1S/C13H13Cl2N3/c1-8-3-6-13(18-17-8)16-9(2)11-5-4-10(14)7-12(11)15/h3-7,9H,1-2H3,(H,16,18). The Balaban J connectivity index is 2.16. The van der Waals surface area contributed by atoms with Crippen LogP contribution in [-0.4, -0.2) is 10.2 Å². The van der Waals surface area contributed by atoms with Crippen molar-refractivity contribution < 1.29 is 0 Å². The molecule has 0 aliphatic rings. The molecule has 5 heteroatoms. The molecule has 0 fully saturated rings. The van der Waals surface area contributed by atoms with E-state index in [4.69, 9.17) is 23.2 Å². The van der Waals surface area contributed by atoms with Gasteiger partial charge in [0.05, 0.1) is 11.7 Å². The van der Waals surface area contributed by atoms with E-state index in [1.807, 2.05) is 38.1 Å². The van der Waals surface area contributed by atoms with Crippen LogP contribution < -0.4 is 5.32 Å². The largest absolute Gasteiger partial charge is 0.362 e. The highest BCUT2D eigenvalue weighted by Gasteiger charge is 2.10. The van der Waals surface area contributed by atoms with Gasteiger partial charge in [0, 0.05) is 10.0 Å². The lowest BCUT2D eigenvalue weighted by Crippen LogP contribution is -2.09. The van der Waals surface area contributed by atoms with E-state index < -0.39 is 0 Å². The number of anilines is 1. The molecule has 0 saturated carbocycles. The average Bonchev–Trinajstić information content (AvgIpc) is 2.32. The number of nitrogens with zero attached hydrogens (tertiary/aromatic N) is 2. The Labute approximate surface area is 116 Å². The van der Waals surface area contributed by atoms with Crippen molar-refractivity contribution >= 4 is 29.0 Å². The number of hydrogen-bond donors (Lipinski definition) is 1. The summed E-state index contributed by atoms with van der Waals surface area (Å²) in [6.07, 6.45) is 0. The van der Waals surface area contributed by atoms with E-state index in [9.17, 15) is 0 Å². The van der Waals surface area contributed by atoms with E-state index in [-0.39, 0.29) is 6.04 Å². The Morgan fingerprint density at radius 2 is 1.89 bits per heavy atom. The minimum absolute atomic E-state index is 0.0340. The van der Waals surface area contributed by atoms with Crippen LogP contribution in [0.4, 0.5) is 5.82 Å². The second-order valence-electron chi connectivity index (χ2n) is 4.09. The number of aryl methyl sites for hydroxylation is 1. The van der Waals surface area contributed by atoms with Crippen LogP contribution in [-0.2, 0) is 0 Å². The molecule has 0 saturated heterocycles. The van der Waals surface area contributed by atoms with Gasteiger partial charge in [-0.15, -0.1) is 5.10 Å². The summed E-state index contributed by atoms with van der Waals surface area (Å²) in [5, 5.41) is 12.6. The number of benzene rings is 1. The molecule has 0 bridgehead atoms. The van der Waals surface area contributed by atoms with E-state index >= 15 is 0 Å². The molecule has 1 heterocycles. The van der Waals surface area contributed by atoms with Gasteiger partial charge in [-0.1, -0.05) is 29.3 Å². The Morgan fingerprint density at radius 1 is 1.11 bits per heavy atom. The molecule has 0 amide bonds. The van der Waals surface area contributed by atoms with Crippen LogP contribution in [0.1, 0.15) is 24.2 Å².